The fourth-order valence-electron chi connectivity index (χ4n) is 1.86. The van der Waals surface area contributed by atoms with Crippen molar-refractivity contribution in [2.24, 2.45) is 0 Å². The molecule has 0 N–H and O–H groups in total. The van der Waals surface area contributed by atoms with E-state index in [4.69, 9.17) is 16.3 Å². The molecule has 0 unspecified atom stereocenters. The molecule has 0 saturated carbocycles. The Morgan fingerprint density at radius 3 is 3.11 bits per heavy atom. The first-order chi connectivity index (χ1) is 9.22. The van der Waals surface area contributed by atoms with Gasteiger partial charge in [-0.25, -0.2) is 14.3 Å². The number of rotatable bonds is 2. The molecule has 96 valence electrons. The molecule has 0 bridgehead atoms. The van der Waals surface area contributed by atoms with Gasteiger partial charge in [0.15, 0.2) is 5.65 Å². The molecular weight excluding hydrogens is 268 g/mol. The summed E-state index contributed by atoms with van der Waals surface area (Å²) in [6.45, 7) is 2.03. The molecule has 3 rings (SSSR count). The van der Waals surface area contributed by atoms with Crippen LogP contribution in [0.3, 0.4) is 0 Å². The zero-order chi connectivity index (χ0) is 13.4. The highest BCUT2D eigenvalue weighted by Crippen LogP contribution is 2.23. The van der Waals surface area contributed by atoms with Crippen LogP contribution in [0.1, 0.15) is 17.3 Å². The van der Waals surface area contributed by atoms with Gasteiger partial charge in [-0.1, -0.05) is 11.6 Å². The average Bonchev–Trinajstić information content (AvgIpc) is 2.83. The number of fused-ring (bicyclic) bond motifs is 3. The third-order valence-electron chi connectivity index (χ3n) is 2.69. The Morgan fingerprint density at radius 1 is 1.47 bits per heavy atom. The molecule has 0 amide bonds. The van der Waals surface area contributed by atoms with Crippen molar-refractivity contribution in [2.45, 2.75) is 6.92 Å². The largest absolute Gasteiger partial charge is 0.462 e. The second-order valence-electron chi connectivity index (χ2n) is 3.81. The zero-order valence-electron chi connectivity index (χ0n) is 10.00. The van der Waals surface area contributed by atoms with Crippen LogP contribution in [0.5, 0.6) is 0 Å². The molecule has 0 saturated heterocycles. The number of ether oxygens (including phenoxy) is 1. The summed E-state index contributed by atoms with van der Waals surface area (Å²) in [5.74, 6) is -0.468. The summed E-state index contributed by atoms with van der Waals surface area (Å²) in [5.41, 5.74) is 1.34. The predicted octanol–water partition coefficient (Wildman–Crippen LogP) is 2.11. The maximum Gasteiger partial charge on any atom is 0.343 e. The van der Waals surface area contributed by atoms with E-state index in [1.54, 1.807) is 25.4 Å². The van der Waals surface area contributed by atoms with Gasteiger partial charge in [0.1, 0.15) is 10.7 Å². The lowest BCUT2D eigenvalue weighted by Crippen LogP contribution is -2.05. The van der Waals surface area contributed by atoms with E-state index in [9.17, 15) is 4.79 Å². The lowest BCUT2D eigenvalue weighted by Gasteiger charge is -2.03. The summed E-state index contributed by atoms with van der Waals surface area (Å²) < 4.78 is 6.48. The van der Waals surface area contributed by atoms with Crippen molar-refractivity contribution in [3.63, 3.8) is 0 Å². The van der Waals surface area contributed by atoms with Gasteiger partial charge in [0, 0.05) is 11.6 Å². The quantitative estimate of drug-likeness (QED) is 0.530. The van der Waals surface area contributed by atoms with Crippen LogP contribution in [0.4, 0.5) is 0 Å². The number of carbonyl (C=O) groups excluding carboxylic acids is 1. The highest BCUT2D eigenvalue weighted by Gasteiger charge is 2.17. The summed E-state index contributed by atoms with van der Waals surface area (Å²) in [7, 11) is 0. The fourth-order valence-corrected chi connectivity index (χ4v) is 2.10. The smallest absolute Gasteiger partial charge is 0.343 e. The number of nitrogens with zero attached hydrogens (tertiary/aromatic N) is 4. The number of hydrogen-bond acceptors (Lipinski definition) is 5. The van der Waals surface area contributed by atoms with E-state index in [0.29, 0.717) is 22.9 Å². The van der Waals surface area contributed by atoms with Crippen LogP contribution in [0, 0.1) is 0 Å². The first-order valence-corrected chi connectivity index (χ1v) is 6.04. The SMILES string of the molecule is CCOC(=O)c1cnn2c1nc(Cl)c1ccncc12. The maximum atomic E-state index is 11.8. The minimum atomic E-state index is -0.468. The minimum absolute atomic E-state index is 0.287. The topological polar surface area (TPSA) is 69.4 Å². The van der Waals surface area contributed by atoms with Crippen LogP contribution in [0.2, 0.25) is 5.15 Å². The van der Waals surface area contributed by atoms with Crippen molar-refractivity contribution >= 4 is 34.1 Å². The molecule has 0 radical (unpaired) electrons. The Kier molecular flexibility index (Phi) is 2.79. The molecule has 0 fully saturated rings. The number of pyridine rings is 1. The van der Waals surface area contributed by atoms with E-state index in [-0.39, 0.29) is 5.56 Å². The molecule has 3 aromatic rings. The van der Waals surface area contributed by atoms with Gasteiger partial charge in [0.2, 0.25) is 0 Å². The predicted molar refractivity (Wildman–Crippen MR) is 69.3 cm³/mol. The first kappa shape index (κ1) is 11.9. The molecule has 0 atom stereocenters. The van der Waals surface area contributed by atoms with E-state index in [1.807, 2.05) is 0 Å². The molecule has 0 aromatic carbocycles. The number of hydrogen-bond donors (Lipinski definition) is 0. The summed E-state index contributed by atoms with van der Waals surface area (Å²) in [5, 5.41) is 5.17. The van der Waals surface area contributed by atoms with E-state index >= 15 is 0 Å². The summed E-state index contributed by atoms with van der Waals surface area (Å²) in [4.78, 5) is 20.0. The van der Waals surface area contributed by atoms with Gasteiger partial charge in [-0.05, 0) is 13.0 Å². The minimum Gasteiger partial charge on any atom is -0.462 e. The van der Waals surface area contributed by atoms with Gasteiger partial charge in [-0.3, -0.25) is 4.98 Å². The highest BCUT2D eigenvalue weighted by atomic mass is 35.5. The molecule has 19 heavy (non-hydrogen) atoms. The molecule has 0 aliphatic heterocycles. The summed E-state index contributed by atoms with van der Waals surface area (Å²) >= 11 is 6.11. The molecular formula is C12H9ClN4O2. The third kappa shape index (κ3) is 1.80. The monoisotopic (exact) mass is 276 g/mol. The van der Waals surface area contributed by atoms with Crippen molar-refractivity contribution in [3.8, 4) is 0 Å². The van der Waals surface area contributed by atoms with E-state index in [2.05, 4.69) is 15.1 Å². The van der Waals surface area contributed by atoms with Crippen LogP contribution in [-0.4, -0.2) is 32.2 Å². The number of halogens is 1. The van der Waals surface area contributed by atoms with Crippen molar-refractivity contribution in [1.29, 1.82) is 0 Å². The van der Waals surface area contributed by atoms with Crippen molar-refractivity contribution in [2.75, 3.05) is 6.61 Å². The fraction of sp³-hybridized carbons (Fsp3) is 0.167. The zero-order valence-corrected chi connectivity index (χ0v) is 10.8. The Balaban J connectivity index is 2.33. The van der Waals surface area contributed by atoms with E-state index in [1.165, 1.54) is 10.7 Å². The van der Waals surface area contributed by atoms with E-state index in [0.717, 1.165) is 5.39 Å². The number of esters is 1. The summed E-state index contributed by atoms with van der Waals surface area (Å²) in [6, 6.07) is 1.75. The Labute approximate surface area is 113 Å². The van der Waals surface area contributed by atoms with Gasteiger partial charge in [-0.15, -0.1) is 0 Å². The highest BCUT2D eigenvalue weighted by molar-refractivity contribution is 6.34. The lowest BCUT2D eigenvalue weighted by molar-refractivity contribution is 0.0528. The van der Waals surface area contributed by atoms with Crippen LogP contribution in [0.25, 0.3) is 16.6 Å². The van der Waals surface area contributed by atoms with Gasteiger partial charge in [0.25, 0.3) is 0 Å². The lowest BCUT2D eigenvalue weighted by atomic mass is 10.3. The molecule has 6 nitrogen and oxygen atoms in total. The standard InChI is InChI=1S/C12H9ClN4O2/c1-2-19-12(18)8-5-15-17-9-6-14-4-3-7(9)10(13)16-11(8)17/h3-6H,2H2,1H3. The molecule has 0 aliphatic rings. The van der Waals surface area contributed by atoms with Crippen molar-refractivity contribution in [3.05, 3.63) is 35.4 Å². The number of carbonyl (C=O) groups is 1. The Bertz CT molecular complexity index is 784. The molecule has 3 heterocycles. The van der Waals surface area contributed by atoms with Gasteiger partial charge < -0.3 is 4.74 Å². The van der Waals surface area contributed by atoms with Crippen LogP contribution in [0.15, 0.2) is 24.7 Å². The average molecular weight is 277 g/mol. The maximum absolute atomic E-state index is 11.8. The van der Waals surface area contributed by atoms with E-state index < -0.39 is 5.97 Å². The second kappa shape index (κ2) is 4.47. The van der Waals surface area contributed by atoms with Gasteiger partial charge in [-0.2, -0.15) is 5.10 Å². The Morgan fingerprint density at radius 2 is 2.32 bits per heavy atom. The van der Waals surface area contributed by atoms with Crippen molar-refractivity contribution in [1.82, 2.24) is 19.6 Å². The normalized spacial score (nSPS) is 11.1. The second-order valence-corrected chi connectivity index (χ2v) is 4.17. The Hall–Kier alpha value is -2.21. The summed E-state index contributed by atoms with van der Waals surface area (Å²) in [6.07, 6.45) is 4.67. The van der Waals surface area contributed by atoms with Crippen LogP contribution >= 0.6 is 11.6 Å². The first-order valence-electron chi connectivity index (χ1n) is 5.66. The van der Waals surface area contributed by atoms with Crippen LogP contribution in [-0.2, 0) is 4.74 Å². The molecule has 0 spiro atoms. The molecule has 7 heteroatoms. The molecule has 0 aliphatic carbocycles. The van der Waals surface area contributed by atoms with Gasteiger partial charge >= 0.3 is 5.97 Å². The third-order valence-corrected chi connectivity index (χ3v) is 2.98. The molecule has 3 aromatic heterocycles. The van der Waals surface area contributed by atoms with Crippen molar-refractivity contribution < 1.29 is 9.53 Å². The van der Waals surface area contributed by atoms with Crippen LogP contribution < -0.4 is 0 Å². The van der Waals surface area contributed by atoms with Gasteiger partial charge in [0.05, 0.1) is 24.5 Å². The number of aromatic nitrogens is 4.